The highest BCUT2D eigenvalue weighted by atomic mass is 35.5. The third kappa shape index (κ3) is 9.25. The normalized spacial score (nSPS) is 13.3. The summed E-state index contributed by atoms with van der Waals surface area (Å²) in [6.07, 6.45) is 6.59. The number of allylic oxidation sites excluding steroid dienone is 1. The van der Waals surface area contributed by atoms with Crippen LogP contribution in [-0.4, -0.2) is 44.0 Å². The van der Waals surface area contributed by atoms with Gasteiger partial charge in [-0.25, -0.2) is 4.79 Å². The Labute approximate surface area is 251 Å². The van der Waals surface area contributed by atoms with Gasteiger partial charge in [0.25, 0.3) is 0 Å². The first-order chi connectivity index (χ1) is 19.8. The number of carbonyl (C=O) groups is 2. The molecule has 3 aromatic rings. The largest absolute Gasteiger partial charge is 0.493 e. The molecule has 0 radical (unpaired) electrons. The first-order valence-corrected chi connectivity index (χ1v) is 14.4. The molecule has 1 aliphatic heterocycles. The summed E-state index contributed by atoms with van der Waals surface area (Å²) in [5.74, 6) is 1.75. The number of nitrogens with zero attached hydrogens (tertiary/aromatic N) is 1. The molecule has 0 saturated carbocycles. The Morgan fingerprint density at radius 3 is 2.49 bits per heavy atom. The van der Waals surface area contributed by atoms with E-state index in [9.17, 15) is 9.59 Å². The SMILES string of the molecule is CNC(=O)Oc1cccc(CN(C)CCCCCCCOc2ccc3c(c2)O/C(=C\c2cc(Cl)cc(Cl)c2)C3=O)c1. The molecular formula is C32H34Cl2N2O5. The minimum atomic E-state index is -0.470. The van der Waals surface area contributed by atoms with E-state index in [1.807, 2.05) is 18.2 Å². The van der Waals surface area contributed by atoms with Crippen LogP contribution in [0, 0.1) is 0 Å². The van der Waals surface area contributed by atoms with Gasteiger partial charge < -0.3 is 24.4 Å². The molecule has 0 aromatic heterocycles. The van der Waals surface area contributed by atoms with E-state index < -0.39 is 6.09 Å². The van der Waals surface area contributed by atoms with E-state index in [0.717, 1.165) is 50.8 Å². The molecule has 0 fully saturated rings. The number of ketones is 1. The Morgan fingerprint density at radius 2 is 1.71 bits per heavy atom. The second-order valence-electron chi connectivity index (χ2n) is 9.94. The van der Waals surface area contributed by atoms with Crippen LogP contribution in [0.3, 0.4) is 0 Å². The minimum absolute atomic E-state index is 0.183. The smallest absolute Gasteiger partial charge is 0.412 e. The predicted molar refractivity (Wildman–Crippen MR) is 162 cm³/mol. The lowest BCUT2D eigenvalue weighted by molar-refractivity contribution is 0.101. The topological polar surface area (TPSA) is 77.1 Å². The van der Waals surface area contributed by atoms with Crippen LogP contribution in [0.1, 0.15) is 53.6 Å². The van der Waals surface area contributed by atoms with Crippen molar-refractivity contribution in [1.82, 2.24) is 10.2 Å². The molecule has 216 valence electrons. The molecule has 4 rings (SSSR count). The van der Waals surface area contributed by atoms with Gasteiger partial charge in [-0.15, -0.1) is 0 Å². The highest BCUT2D eigenvalue weighted by Gasteiger charge is 2.27. The Morgan fingerprint density at radius 1 is 0.951 bits per heavy atom. The third-order valence-electron chi connectivity index (χ3n) is 6.54. The lowest BCUT2D eigenvalue weighted by Crippen LogP contribution is -2.22. The van der Waals surface area contributed by atoms with Gasteiger partial charge in [-0.3, -0.25) is 4.79 Å². The summed E-state index contributed by atoms with van der Waals surface area (Å²) < 4.78 is 16.9. The zero-order valence-electron chi connectivity index (χ0n) is 23.3. The van der Waals surface area contributed by atoms with Crippen molar-refractivity contribution < 1.29 is 23.8 Å². The highest BCUT2D eigenvalue weighted by Crippen LogP contribution is 2.35. The van der Waals surface area contributed by atoms with Gasteiger partial charge >= 0.3 is 6.09 Å². The molecule has 9 heteroatoms. The van der Waals surface area contributed by atoms with Gasteiger partial charge in [-0.1, -0.05) is 54.6 Å². The van der Waals surface area contributed by atoms with E-state index in [1.165, 1.54) is 7.05 Å². The molecule has 3 aromatic carbocycles. The van der Waals surface area contributed by atoms with Crippen molar-refractivity contribution in [1.29, 1.82) is 0 Å². The molecule has 0 atom stereocenters. The van der Waals surface area contributed by atoms with E-state index in [0.29, 0.717) is 45.0 Å². The van der Waals surface area contributed by atoms with Crippen LogP contribution in [0.4, 0.5) is 4.79 Å². The van der Waals surface area contributed by atoms with Crippen LogP contribution < -0.4 is 19.5 Å². The Hall–Kier alpha value is -3.52. The van der Waals surface area contributed by atoms with Crippen molar-refractivity contribution >= 4 is 41.2 Å². The molecule has 41 heavy (non-hydrogen) atoms. The summed E-state index contributed by atoms with van der Waals surface area (Å²) in [5, 5.41) is 3.43. The number of rotatable bonds is 13. The van der Waals surface area contributed by atoms with Gasteiger partial charge in [-0.2, -0.15) is 0 Å². The number of hydrogen-bond donors (Lipinski definition) is 1. The van der Waals surface area contributed by atoms with Crippen LogP contribution in [0.2, 0.25) is 10.0 Å². The Bertz CT molecular complexity index is 1390. The maximum atomic E-state index is 12.7. The van der Waals surface area contributed by atoms with E-state index in [4.69, 9.17) is 37.4 Å². The highest BCUT2D eigenvalue weighted by molar-refractivity contribution is 6.34. The molecule has 0 saturated heterocycles. The molecule has 0 unspecified atom stereocenters. The standard InChI is InChI=1S/C32H34Cl2N2O5/c1-35-32(38)40-27-10-8-9-22(17-27)21-36(2)13-6-4-3-5-7-14-39-26-11-12-28-29(20-26)41-30(31(28)37)18-23-15-24(33)19-25(34)16-23/h8-12,15-20H,3-7,13-14,21H2,1-2H3,(H,35,38)/b30-18-. The molecule has 7 nitrogen and oxygen atoms in total. The molecule has 1 N–H and O–H groups in total. The zero-order chi connectivity index (χ0) is 29.2. The molecule has 1 amide bonds. The number of Topliss-reactive ketones (excluding diaryl/α,β-unsaturated/α-hetero) is 1. The summed E-state index contributed by atoms with van der Waals surface area (Å²) in [6.45, 7) is 2.39. The Balaban J connectivity index is 1.12. The fourth-order valence-electron chi connectivity index (χ4n) is 4.53. The number of ether oxygens (including phenoxy) is 3. The lowest BCUT2D eigenvalue weighted by atomic mass is 10.1. The monoisotopic (exact) mass is 596 g/mol. The summed E-state index contributed by atoms with van der Waals surface area (Å²) in [7, 11) is 3.63. The van der Waals surface area contributed by atoms with Crippen molar-refractivity contribution in [3.05, 3.63) is 93.2 Å². The number of benzene rings is 3. The average molecular weight is 598 g/mol. The summed E-state index contributed by atoms with van der Waals surface area (Å²) >= 11 is 12.1. The minimum Gasteiger partial charge on any atom is -0.493 e. The van der Waals surface area contributed by atoms with Gasteiger partial charge in [-0.05, 0) is 86.1 Å². The van der Waals surface area contributed by atoms with E-state index in [1.54, 1.807) is 48.5 Å². The van der Waals surface area contributed by atoms with Crippen molar-refractivity contribution in [2.24, 2.45) is 0 Å². The van der Waals surface area contributed by atoms with Gasteiger partial charge in [0, 0.05) is 29.7 Å². The van der Waals surface area contributed by atoms with Crippen LogP contribution in [0.25, 0.3) is 6.08 Å². The molecule has 0 bridgehead atoms. The van der Waals surface area contributed by atoms with Crippen molar-refractivity contribution in [2.75, 3.05) is 27.2 Å². The first-order valence-electron chi connectivity index (χ1n) is 13.6. The van der Waals surface area contributed by atoms with E-state index in [2.05, 4.69) is 17.3 Å². The van der Waals surface area contributed by atoms with Gasteiger partial charge in [0.05, 0.1) is 12.2 Å². The molecule has 1 heterocycles. The molecule has 0 spiro atoms. The summed E-state index contributed by atoms with van der Waals surface area (Å²) in [6, 6.07) is 18.0. The number of nitrogens with one attached hydrogen (secondary N) is 1. The number of unbranched alkanes of at least 4 members (excludes halogenated alkanes) is 4. The van der Waals surface area contributed by atoms with Gasteiger partial charge in [0.15, 0.2) is 5.76 Å². The summed E-state index contributed by atoms with van der Waals surface area (Å²) in [5.41, 5.74) is 2.30. The van der Waals surface area contributed by atoms with Crippen LogP contribution in [0.5, 0.6) is 17.2 Å². The van der Waals surface area contributed by atoms with Crippen LogP contribution in [0.15, 0.2) is 66.4 Å². The number of carbonyl (C=O) groups excluding carboxylic acids is 2. The molecule has 1 aliphatic rings. The third-order valence-corrected chi connectivity index (χ3v) is 6.98. The average Bonchev–Trinajstić information content (AvgIpc) is 3.23. The molecular weight excluding hydrogens is 563 g/mol. The fourth-order valence-corrected chi connectivity index (χ4v) is 5.07. The second-order valence-corrected chi connectivity index (χ2v) is 10.8. The number of hydrogen-bond acceptors (Lipinski definition) is 6. The van der Waals surface area contributed by atoms with Crippen molar-refractivity contribution in [3.8, 4) is 17.2 Å². The second kappa shape index (κ2) is 14.9. The first kappa shape index (κ1) is 30.4. The van der Waals surface area contributed by atoms with Crippen molar-refractivity contribution in [3.63, 3.8) is 0 Å². The number of amides is 1. The van der Waals surface area contributed by atoms with Crippen LogP contribution in [-0.2, 0) is 6.54 Å². The van der Waals surface area contributed by atoms with Gasteiger partial charge in [0.2, 0.25) is 5.78 Å². The van der Waals surface area contributed by atoms with E-state index >= 15 is 0 Å². The Kier molecular flexibility index (Phi) is 11.1. The lowest BCUT2D eigenvalue weighted by Gasteiger charge is -2.17. The fraction of sp³-hybridized carbons (Fsp3) is 0.312. The molecule has 0 aliphatic carbocycles. The number of fused-ring (bicyclic) bond motifs is 1. The zero-order valence-corrected chi connectivity index (χ0v) is 24.8. The van der Waals surface area contributed by atoms with Crippen LogP contribution >= 0.6 is 23.2 Å². The van der Waals surface area contributed by atoms with Gasteiger partial charge in [0.1, 0.15) is 17.2 Å². The maximum Gasteiger partial charge on any atom is 0.412 e. The predicted octanol–water partition coefficient (Wildman–Crippen LogP) is 7.79. The van der Waals surface area contributed by atoms with E-state index in [-0.39, 0.29) is 11.5 Å². The van der Waals surface area contributed by atoms with Crippen molar-refractivity contribution in [2.45, 2.75) is 38.6 Å². The maximum absolute atomic E-state index is 12.7. The summed E-state index contributed by atoms with van der Waals surface area (Å²) in [4.78, 5) is 26.4. The number of halogens is 2. The quantitative estimate of drug-likeness (QED) is 0.160.